The lowest BCUT2D eigenvalue weighted by Crippen LogP contribution is -2.42. The van der Waals surface area contributed by atoms with Crippen molar-refractivity contribution < 1.29 is 9.53 Å². The van der Waals surface area contributed by atoms with Gasteiger partial charge >= 0.3 is 11.7 Å². The number of tetrazole rings is 1. The summed E-state index contributed by atoms with van der Waals surface area (Å²) in [4.78, 5) is 44.9. The number of fused-ring (bicyclic) bond motifs is 1. The molecule has 0 aliphatic heterocycles. The number of aromatic nitrogens is 8. The maximum absolute atomic E-state index is 14.1. The molecule has 45 heavy (non-hydrogen) atoms. The molecule has 12 heteroatoms. The first kappa shape index (κ1) is 29.4. The monoisotopic (exact) mass is 604 g/mol. The van der Waals surface area contributed by atoms with Crippen LogP contribution >= 0.6 is 0 Å². The van der Waals surface area contributed by atoms with E-state index in [4.69, 9.17) is 9.72 Å². The van der Waals surface area contributed by atoms with Crippen molar-refractivity contribution in [2.24, 2.45) is 0 Å². The van der Waals surface area contributed by atoms with Crippen LogP contribution in [0.4, 0.5) is 0 Å². The number of nitrogens with zero attached hydrogens (tertiary/aromatic N) is 7. The van der Waals surface area contributed by atoms with Crippen molar-refractivity contribution in [2.45, 2.75) is 45.8 Å². The molecular formula is C33H32N8O4. The summed E-state index contributed by atoms with van der Waals surface area (Å²) in [6, 6.07) is 25.5. The zero-order chi connectivity index (χ0) is 31.5. The third-order valence-corrected chi connectivity index (χ3v) is 7.76. The van der Waals surface area contributed by atoms with E-state index in [1.807, 2.05) is 97.3 Å². The maximum atomic E-state index is 14.1. The molecule has 0 radical (unpaired) electrons. The van der Waals surface area contributed by atoms with Crippen molar-refractivity contribution in [3.05, 3.63) is 117 Å². The summed E-state index contributed by atoms with van der Waals surface area (Å²) in [5.41, 5.74) is 4.07. The molecule has 0 unspecified atom stereocenters. The minimum absolute atomic E-state index is 0.0719. The van der Waals surface area contributed by atoms with Crippen LogP contribution in [-0.2, 0) is 35.6 Å². The van der Waals surface area contributed by atoms with E-state index < -0.39 is 17.2 Å². The number of carbonyl (C=O) groups excluding carboxylic acids is 1. The summed E-state index contributed by atoms with van der Waals surface area (Å²) in [6.07, 6.45) is 0.470. The Hall–Kier alpha value is -5.65. The zero-order valence-electron chi connectivity index (χ0n) is 25.2. The number of benzene rings is 3. The van der Waals surface area contributed by atoms with Crippen LogP contribution in [0.25, 0.3) is 33.7 Å². The molecule has 3 heterocycles. The molecule has 12 nitrogen and oxygen atoms in total. The Morgan fingerprint density at radius 3 is 2.24 bits per heavy atom. The minimum Gasteiger partial charge on any atom is -0.468 e. The lowest BCUT2D eigenvalue weighted by Gasteiger charge is -2.14. The highest BCUT2D eigenvalue weighted by Crippen LogP contribution is 2.30. The Morgan fingerprint density at radius 1 is 0.867 bits per heavy atom. The first-order valence-corrected chi connectivity index (χ1v) is 14.6. The summed E-state index contributed by atoms with van der Waals surface area (Å²) in [7, 11) is 1.26. The smallest absolute Gasteiger partial charge is 0.333 e. The normalized spacial score (nSPS) is 11.4. The molecule has 0 spiro atoms. The second kappa shape index (κ2) is 12.5. The average Bonchev–Trinajstić information content (AvgIpc) is 3.73. The van der Waals surface area contributed by atoms with Gasteiger partial charge in [-0.2, -0.15) is 5.21 Å². The first-order valence-electron chi connectivity index (χ1n) is 14.6. The van der Waals surface area contributed by atoms with Gasteiger partial charge in [0.15, 0.2) is 11.2 Å². The second-order valence-electron chi connectivity index (χ2n) is 11.0. The molecule has 3 aromatic heterocycles. The predicted molar refractivity (Wildman–Crippen MR) is 169 cm³/mol. The Balaban J connectivity index is 1.44. The van der Waals surface area contributed by atoms with Crippen molar-refractivity contribution in [1.82, 2.24) is 39.3 Å². The molecule has 0 fully saturated rings. The molecule has 1 N–H and O–H groups in total. The maximum Gasteiger partial charge on any atom is 0.333 e. The van der Waals surface area contributed by atoms with Gasteiger partial charge in [0, 0.05) is 24.6 Å². The van der Waals surface area contributed by atoms with Gasteiger partial charge in [-0.3, -0.25) is 18.7 Å². The summed E-state index contributed by atoms with van der Waals surface area (Å²) in [6.45, 7) is 4.08. The van der Waals surface area contributed by atoms with Gasteiger partial charge in [0.1, 0.15) is 12.4 Å². The van der Waals surface area contributed by atoms with Gasteiger partial charge < -0.3 is 9.30 Å². The molecule has 0 aliphatic rings. The quantitative estimate of drug-likeness (QED) is 0.233. The van der Waals surface area contributed by atoms with Crippen LogP contribution < -0.4 is 11.2 Å². The van der Waals surface area contributed by atoms with Crippen LogP contribution in [0, 0.1) is 0 Å². The van der Waals surface area contributed by atoms with E-state index in [9.17, 15) is 14.4 Å². The Bertz CT molecular complexity index is 2080. The van der Waals surface area contributed by atoms with Gasteiger partial charge in [0.25, 0.3) is 5.56 Å². The van der Waals surface area contributed by atoms with Crippen molar-refractivity contribution in [3.8, 4) is 22.5 Å². The number of aromatic amines is 1. The lowest BCUT2D eigenvalue weighted by atomic mass is 9.98. The largest absolute Gasteiger partial charge is 0.468 e. The van der Waals surface area contributed by atoms with E-state index in [2.05, 4.69) is 20.6 Å². The van der Waals surface area contributed by atoms with Crippen LogP contribution in [0.3, 0.4) is 0 Å². The van der Waals surface area contributed by atoms with Gasteiger partial charge in [-0.05, 0) is 33.9 Å². The zero-order valence-corrected chi connectivity index (χ0v) is 25.2. The molecule has 0 aliphatic carbocycles. The summed E-state index contributed by atoms with van der Waals surface area (Å²) >= 11 is 0. The van der Waals surface area contributed by atoms with Crippen LogP contribution in [0.1, 0.15) is 36.7 Å². The van der Waals surface area contributed by atoms with Gasteiger partial charge in [0.05, 0.1) is 7.11 Å². The third kappa shape index (κ3) is 5.81. The van der Waals surface area contributed by atoms with E-state index in [1.165, 1.54) is 16.2 Å². The van der Waals surface area contributed by atoms with Gasteiger partial charge in [0.2, 0.25) is 5.82 Å². The van der Waals surface area contributed by atoms with Crippen LogP contribution in [0.5, 0.6) is 0 Å². The van der Waals surface area contributed by atoms with Gasteiger partial charge in [-0.15, -0.1) is 10.2 Å². The number of methoxy groups -OCH3 is 1. The fourth-order valence-corrected chi connectivity index (χ4v) is 5.51. The SMILES string of the molecule is COC(=O)Cn1c(=O)n(CCc2ccccc2)c(=O)c2c1nc(C(C)C)n2Cc1ccc(-c2ccccc2-c2nn[nH]n2)cc1. The number of ether oxygens (including phenoxy) is 1. The van der Waals surface area contributed by atoms with Gasteiger partial charge in [-0.25, -0.2) is 9.78 Å². The molecule has 6 aromatic rings. The molecule has 6 rings (SSSR count). The van der Waals surface area contributed by atoms with E-state index in [1.54, 1.807) is 0 Å². The number of imidazole rings is 1. The highest BCUT2D eigenvalue weighted by atomic mass is 16.5. The number of hydrogen-bond donors (Lipinski definition) is 1. The van der Waals surface area contributed by atoms with E-state index in [0.717, 1.165) is 27.8 Å². The minimum atomic E-state index is -0.607. The Kier molecular flexibility index (Phi) is 8.19. The summed E-state index contributed by atoms with van der Waals surface area (Å²) < 4.78 is 9.18. The summed E-state index contributed by atoms with van der Waals surface area (Å²) in [5.74, 6) is 0.455. The number of carbonyl (C=O) groups is 1. The van der Waals surface area contributed by atoms with Crippen LogP contribution in [0.2, 0.25) is 0 Å². The first-order chi connectivity index (χ1) is 21.9. The van der Waals surface area contributed by atoms with Crippen LogP contribution in [0.15, 0.2) is 88.5 Å². The third-order valence-electron chi connectivity index (χ3n) is 7.76. The number of nitrogens with one attached hydrogen (secondary N) is 1. The van der Waals surface area contributed by atoms with E-state index in [-0.39, 0.29) is 30.2 Å². The number of aryl methyl sites for hydroxylation is 1. The molecule has 0 saturated carbocycles. The molecule has 3 aromatic carbocycles. The fraction of sp³-hybridized carbons (Fsp3) is 0.242. The number of rotatable bonds is 10. The molecule has 0 saturated heterocycles. The molecule has 228 valence electrons. The average molecular weight is 605 g/mol. The topological polar surface area (TPSA) is 143 Å². The highest BCUT2D eigenvalue weighted by Gasteiger charge is 2.24. The van der Waals surface area contributed by atoms with Crippen LogP contribution in [-0.4, -0.2) is 52.4 Å². The Morgan fingerprint density at radius 2 is 1.58 bits per heavy atom. The fourth-order valence-electron chi connectivity index (χ4n) is 5.51. The molecular weight excluding hydrogens is 572 g/mol. The van der Waals surface area contributed by atoms with E-state index in [0.29, 0.717) is 24.6 Å². The number of H-pyrrole nitrogens is 1. The predicted octanol–water partition coefficient (Wildman–Crippen LogP) is 3.79. The molecule has 0 bridgehead atoms. The molecule has 0 amide bonds. The second-order valence-corrected chi connectivity index (χ2v) is 11.0. The van der Waals surface area contributed by atoms with E-state index >= 15 is 0 Å². The number of hydrogen-bond acceptors (Lipinski definition) is 8. The number of esters is 1. The Labute approximate surface area is 257 Å². The molecule has 0 atom stereocenters. The highest BCUT2D eigenvalue weighted by molar-refractivity contribution is 5.80. The van der Waals surface area contributed by atoms with Crippen molar-refractivity contribution in [1.29, 1.82) is 0 Å². The summed E-state index contributed by atoms with van der Waals surface area (Å²) in [5, 5.41) is 14.5. The van der Waals surface area contributed by atoms with Gasteiger partial charge in [-0.1, -0.05) is 92.7 Å². The van der Waals surface area contributed by atoms with Crippen molar-refractivity contribution in [2.75, 3.05) is 7.11 Å². The standard InChI is InChI=1S/C33H32N8O4/c1-21(2)30-34-31-28(32(43)39(18-17-22-9-5-4-6-10-22)33(44)41(31)20-27(42)45-3)40(30)19-23-13-15-24(16-14-23)25-11-7-8-12-26(25)29-35-37-38-36-29/h4-16,21H,17-20H2,1-3H3,(H,35,36,37,38). The van der Waals surface area contributed by atoms with Crippen molar-refractivity contribution in [3.63, 3.8) is 0 Å². The van der Waals surface area contributed by atoms with Crippen molar-refractivity contribution >= 4 is 17.1 Å². The lowest BCUT2D eigenvalue weighted by molar-refractivity contribution is -0.141.